The first-order valence-corrected chi connectivity index (χ1v) is 12.8. The Hall–Kier alpha value is -1.03. The SMILES string of the molecule is COCCOCCOCCOCCOCCOCCOCCOCCSCC(NC(C)=O)C(=O)O. The minimum Gasteiger partial charge on any atom is -0.480 e. The lowest BCUT2D eigenvalue weighted by Gasteiger charge is -2.12. The largest absolute Gasteiger partial charge is 0.480 e. The predicted molar refractivity (Wildman–Crippen MR) is 130 cm³/mol. The highest BCUT2D eigenvalue weighted by atomic mass is 32.2. The van der Waals surface area contributed by atoms with Gasteiger partial charge in [0.1, 0.15) is 6.04 Å². The Morgan fingerprint density at radius 3 is 1.31 bits per heavy atom. The molecule has 0 aromatic carbocycles. The van der Waals surface area contributed by atoms with Gasteiger partial charge in [0.05, 0.1) is 99.1 Å². The van der Waals surface area contributed by atoms with Crippen LogP contribution in [0.15, 0.2) is 0 Å². The summed E-state index contributed by atoms with van der Waals surface area (Å²) in [7, 11) is 1.64. The molecule has 0 saturated heterocycles. The molecule has 1 amide bonds. The quantitative estimate of drug-likeness (QED) is 0.133. The number of methoxy groups -OCH3 is 1. The van der Waals surface area contributed by atoms with Crippen LogP contribution in [0.2, 0.25) is 0 Å². The molecule has 0 fully saturated rings. The number of nitrogens with one attached hydrogen (secondary N) is 1. The second-order valence-electron chi connectivity index (χ2n) is 6.95. The van der Waals surface area contributed by atoms with Gasteiger partial charge in [0.25, 0.3) is 0 Å². The minimum absolute atomic E-state index is 0.296. The predicted octanol–water partition coefficient (Wildman–Crippen LogP) is 0.0715. The highest BCUT2D eigenvalue weighted by molar-refractivity contribution is 7.99. The third-order valence-electron chi connectivity index (χ3n) is 4.00. The number of carbonyl (C=O) groups excluding carboxylic acids is 1. The third kappa shape index (κ3) is 27.4. The van der Waals surface area contributed by atoms with Gasteiger partial charge in [-0.05, 0) is 0 Å². The van der Waals surface area contributed by atoms with Gasteiger partial charge in [0.15, 0.2) is 0 Å². The Bertz CT molecular complexity index is 488. The maximum Gasteiger partial charge on any atom is 0.327 e. The number of ether oxygens (including phenoxy) is 8. The zero-order valence-electron chi connectivity index (χ0n) is 21.0. The standard InChI is InChI=1S/C22H43NO11S/c1-20(24)23-21(22(25)26)19-35-18-17-34-16-15-33-14-13-32-12-11-31-10-9-30-8-7-29-6-5-28-4-3-27-2/h21H,3-19H2,1-2H3,(H,23,24)(H,25,26). The van der Waals surface area contributed by atoms with Gasteiger partial charge in [-0.2, -0.15) is 11.8 Å². The van der Waals surface area contributed by atoms with Crippen molar-refractivity contribution in [2.24, 2.45) is 0 Å². The first-order chi connectivity index (χ1) is 17.1. The average molecular weight is 530 g/mol. The van der Waals surface area contributed by atoms with Crippen molar-refractivity contribution < 1.29 is 52.6 Å². The molecular formula is C22H43NO11S. The summed E-state index contributed by atoms with van der Waals surface area (Å²) in [6.07, 6.45) is 0. The molecule has 0 bridgehead atoms. The summed E-state index contributed by atoms with van der Waals surface area (Å²) in [5, 5.41) is 11.4. The van der Waals surface area contributed by atoms with Crippen LogP contribution in [0.1, 0.15) is 6.92 Å². The van der Waals surface area contributed by atoms with E-state index in [4.69, 9.17) is 43.0 Å². The minimum atomic E-state index is -1.04. The number of rotatable bonds is 28. The number of hydrogen-bond donors (Lipinski definition) is 2. The number of hydrogen-bond acceptors (Lipinski definition) is 11. The Kier molecular flexibility index (Phi) is 26.7. The van der Waals surface area contributed by atoms with Gasteiger partial charge >= 0.3 is 5.97 Å². The van der Waals surface area contributed by atoms with Crippen molar-refractivity contribution in [3.8, 4) is 0 Å². The van der Waals surface area contributed by atoms with Crippen LogP contribution < -0.4 is 5.32 Å². The maximum atomic E-state index is 11.0. The van der Waals surface area contributed by atoms with Crippen molar-refractivity contribution in [2.75, 3.05) is 118 Å². The fraction of sp³-hybridized carbons (Fsp3) is 0.909. The van der Waals surface area contributed by atoms with E-state index in [2.05, 4.69) is 5.32 Å². The summed E-state index contributed by atoms with van der Waals surface area (Å²) in [6.45, 7) is 8.88. The monoisotopic (exact) mass is 529 g/mol. The number of thioether (sulfide) groups is 1. The number of amides is 1. The second-order valence-corrected chi connectivity index (χ2v) is 8.10. The van der Waals surface area contributed by atoms with Crippen LogP contribution in [0.5, 0.6) is 0 Å². The van der Waals surface area contributed by atoms with Crippen molar-refractivity contribution >= 4 is 23.6 Å². The van der Waals surface area contributed by atoms with Crippen LogP contribution in [0.3, 0.4) is 0 Å². The molecule has 0 aromatic heterocycles. The zero-order chi connectivity index (χ0) is 25.8. The first-order valence-electron chi connectivity index (χ1n) is 11.7. The van der Waals surface area contributed by atoms with Gasteiger partial charge in [-0.15, -0.1) is 0 Å². The molecular weight excluding hydrogens is 486 g/mol. The van der Waals surface area contributed by atoms with E-state index in [-0.39, 0.29) is 5.91 Å². The molecule has 208 valence electrons. The third-order valence-corrected chi connectivity index (χ3v) is 5.02. The van der Waals surface area contributed by atoms with Gasteiger partial charge < -0.3 is 48.3 Å². The lowest BCUT2D eigenvalue weighted by Crippen LogP contribution is -2.41. The van der Waals surface area contributed by atoms with Crippen molar-refractivity contribution in [1.82, 2.24) is 5.32 Å². The van der Waals surface area contributed by atoms with Crippen molar-refractivity contribution in [1.29, 1.82) is 0 Å². The number of carboxylic acids is 1. The van der Waals surface area contributed by atoms with E-state index >= 15 is 0 Å². The molecule has 1 atom stereocenters. The highest BCUT2D eigenvalue weighted by Crippen LogP contribution is 2.03. The van der Waals surface area contributed by atoms with Crippen molar-refractivity contribution in [3.63, 3.8) is 0 Å². The lowest BCUT2D eigenvalue weighted by molar-refractivity contribution is -0.140. The number of carbonyl (C=O) groups is 2. The Labute approximate surface area is 212 Å². The van der Waals surface area contributed by atoms with E-state index in [0.29, 0.717) is 111 Å². The van der Waals surface area contributed by atoms with Crippen LogP contribution in [0.4, 0.5) is 0 Å². The highest BCUT2D eigenvalue weighted by Gasteiger charge is 2.17. The second kappa shape index (κ2) is 27.6. The van der Waals surface area contributed by atoms with Crippen molar-refractivity contribution in [2.45, 2.75) is 13.0 Å². The zero-order valence-corrected chi connectivity index (χ0v) is 21.9. The molecule has 2 N–H and O–H groups in total. The summed E-state index contributed by atoms with van der Waals surface area (Å²) in [4.78, 5) is 21.9. The Morgan fingerprint density at radius 2 is 1.00 bits per heavy atom. The van der Waals surface area contributed by atoms with Crippen LogP contribution in [-0.2, 0) is 47.5 Å². The van der Waals surface area contributed by atoms with Gasteiger partial charge in [0.2, 0.25) is 5.91 Å². The summed E-state index contributed by atoms with van der Waals surface area (Å²) >= 11 is 1.41. The van der Waals surface area contributed by atoms with Crippen LogP contribution in [0.25, 0.3) is 0 Å². The molecule has 0 spiro atoms. The summed E-state index contributed by atoms with van der Waals surface area (Å²) in [5.41, 5.74) is 0. The van der Waals surface area contributed by atoms with E-state index in [1.807, 2.05) is 0 Å². The smallest absolute Gasteiger partial charge is 0.327 e. The molecule has 13 heteroatoms. The van der Waals surface area contributed by atoms with Crippen LogP contribution in [0, 0.1) is 0 Å². The first kappa shape index (κ1) is 34.0. The number of carboxylic acid groups (broad SMARTS) is 1. The van der Waals surface area contributed by atoms with Gasteiger partial charge in [-0.3, -0.25) is 4.79 Å². The Morgan fingerprint density at radius 1 is 0.657 bits per heavy atom. The molecule has 0 radical (unpaired) electrons. The molecule has 0 aliphatic rings. The van der Waals surface area contributed by atoms with E-state index in [1.165, 1.54) is 18.7 Å². The van der Waals surface area contributed by atoms with E-state index < -0.39 is 12.0 Å². The van der Waals surface area contributed by atoms with Crippen molar-refractivity contribution in [3.05, 3.63) is 0 Å². The number of aliphatic carboxylic acids is 1. The molecule has 0 aliphatic heterocycles. The lowest BCUT2D eigenvalue weighted by atomic mass is 10.3. The summed E-state index contributed by atoms with van der Waals surface area (Å²) in [6, 6.07) is -0.882. The molecule has 0 rings (SSSR count). The molecule has 0 aliphatic carbocycles. The maximum absolute atomic E-state index is 11.0. The van der Waals surface area contributed by atoms with Gasteiger partial charge in [0, 0.05) is 25.5 Å². The van der Waals surface area contributed by atoms with Gasteiger partial charge in [-0.25, -0.2) is 4.79 Å². The Balaban J connectivity index is 3.17. The molecule has 12 nitrogen and oxygen atoms in total. The van der Waals surface area contributed by atoms with E-state index in [0.717, 1.165) is 0 Å². The normalized spacial score (nSPS) is 12.1. The molecule has 0 heterocycles. The van der Waals surface area contributed by atoms with Crippen LogP contribution in [-0.4, -0.2) is 141 Å². The van der Waals surface area contributed by atoms with E-state index in [9.17, 15) is 9.59 Å². The average Bonchev–Trinajstić information content (AvgIpc) is 2.83. The summed E-state index contributed by atoms with van der Waals surface area (Å²) in [5.74, 6) is -0.471. The fourth-order valence-corrected chi connectivity index (χ4v) is 3.17. The van der Waals surface area contributed by atoms with Gasteiger partial charge in [-0.1, -0.05) is 0 Å². The topological polar surface area (TPSA) is 140 Å². The fourth-order valence-electron chi connectivity index (χ4n) is 2.30. The van der Waals surface area contributed by atoms with E-state index in [1.54, 1.807) is 7.11 Å². The molecule has 0 aromatic rings. The molecule has 35 heavy (non-hydrogen) atoms. The molecule has 0 saturated carbocycles. The van der Waals surface area contributed by atoms with Crippen LogP contribution >= 0.6 is 11.8 Å². The summed E-state index contributed by atoms with van der Waals surface area (Å²) < 4.78 is 42.6. The molecule has 1 unspecified atom stereocenters.